The Morgan fingerprint density at radius 1 is 0.846 bits per heavy atom. The molecule has 76 valence electrons. The SMILES string of the molecule is C[SiH](C)OC1CCC(C2CC2)CC1. The predicted molar refractivity (Wildman–Crippen MR) is 58.4 cm³/mol. The molecule has 2 aliphatic carbocycles. The topological polar surface area (TPSA) is 9.23 Å². The molecule has 0 unspecified atom stereocenters. The van der Waals surface area contributed by atoms with Gasteiger partial charge in [0.15, 0.2) is 9.04 Å². The Morgan fingerprint density at radius 3 is 1.69 bits per heavy atom. The smallest absolute Gasteiger partial charge is 0.171 e. The largest absolute Gasteiger partial charge is 0.418 e. The maximum atomic E-state index is 5.98. The maximum absolute atomic E-state index is 5.98. The highest BCUT2D eigenvalue weighted by Crippen LogP contribution is 2.44. The average molecular weight is 198 g/mol. The van der Waals surface area contributed by atoms with Crippen LogP contribution >= 0.6 is 0 Å². The van der Waals surface area contributed by atoms with Gasteiger partial charge in [0, 0.05) is 6.10 Å². The summed E-state index contributed by atoms with van der Waals surface area (Å²) >= 11 is 0. The predicted octanol–water partition coefficient (Wildman–Crippen LogP) is 2.96. The van der Waals surface area contributed by atoms with E-state index in [1.54, 1.807) is 0 Å². The third-order valence-corrected chi connectivity index (χ3v) is 4.40. The zero-order valence-corrected chi connectivity index (χ0v) is 10.1. The molecular formula is C11H22OSi. The van der Waals surface area contributed by atoms with E-state index >= 15 is 0 Å². The summed E-state index contributed by atoms with van der Waals surface area (Å²) in [4.78, 5) is 0. The molecule has 0 atom stereocenters. The van der Waals surface area contributed by atoms with Gasteiger partial charge in [-0.1, -0.05) is 0 Å². The third kappa shape index (κ3) is 2.81. The van der Waals surface area contributed by atoms with Crippen LogP contribution in [0.3, 0.4) is 0 Å². The molecule has 0 spiro atoms. The van der Waals surface area contributed by atoms with E-state index in [0.717, 1.165) is 11.8 Å². The molecule has 13 heavy (non-hydrogen) atoms. The van der Waals surface area contributed by atoms with Gasteiger partial charge in [0.2, 0.25) is 0 Å². The lowest BCUT2D eigenvalue weighted by atomic mass is 9.84. The van der Waals surface area contributed by atoms with Crippen molar-refractivity contribution >= 4 is 9.04 Å². The fraction of sp³-hybridized carbons (Fsp3) is 1.00. The van der Waals surface area contributed by atoms with Crippen LogP contribution in [0, 0.1) is 11.8 Å². The summed E-state index contributed by atoms with van der Waals surface area (Å²) in [5.74, 6) is 2.20. The van der Waals surface area contributed by atoms with E-state index in [1.807, 2.05) is 0 Å². The van der Waals surface area contributed by atoms with Gasteiger partial charge in [-0.05, 0) is 63.5 Å². The van der Waals surface area contributed by atoms with E-state index < -0.39 is 9.04 Å². The fourth-order valence-electron chi connectivity index (χ4n) is 2.65. The zero-order valence-electron chi connectivity index (χ0n) is 8.96. The quantitative estimate of drug-likeness (QED) is 0.634. The van der Waals surface area contributed by atoms with Gasteiger partial charge in [-0.15, -0.1) is 0 Å². The van der Waals surface area contributed by atoms with Crippen LogP contribution in [0.25, 0.3) is 0 Å². The highest BCUT2D eigenvalue weighted by Gasteiger charge is 2.34. The standard InChI is InChI=1S/C11H22OSi/c1-13(2)12-11-7-5-10(6-8-11)9-3-4-9/h9-11,13H,3-8H2,1-2H3. The molecule has 2 saturated carbocycles. The van der Waals surface area contributed by atoms with Gasteiger partial charge < -0.3 is 4.43 Å². The van der Waals surface area contributed by atoms with Crippen molar-refractivity contribution in [2.45, 2.75) is 57.7 Å². The second-order valence-electron chi connectivity index (χ2n) is 5.06. The van der Waals surface area contributed by atoms with Gasteiger partial charge in [0.25, 0.3) is 0 Å². The summed E-state index contributed by atoms with van der Waals surface area (Å²) in [5.41, 5.74) is 0. The van der Waals surface area contributed by atoms with Gasteiger partial charge in [-0.25, -0.2) is 0 Å². The normalized spacial score (nSPS) is 35.3. The van der Waals surface area contributed by atoms with E-state index in [4.69, 9.17) is 4.43 Å². The van der Waals surface area contributed by atoms with Crippen LogP contribution in [0.2, 0.25) is 13.1 Å². The van der Waals surface area contributed by atoms with E-state index in [2.05, 4.69) is 13.1 Å². The molecule has 0 aliphatic heterocycles. The Balaban J connectivity index is 1.69. The summed E-state index contributed by atoms with van der Waals surface area (Å²) < 4.78 is 5.98. The second-order valence-corrected chi connectivity index (χ2v) is 7.43. The molecule has 2 rings (SSSR count). The van der Waals surface area contributed by atoms with Crippen molar-refractivity contribution in [3.05, 3.63) is 0 Å². The molecule has 0 radical (unpaired) electrons. The molecule has 0 N–H and O–H groups in total. The van der Waals surface area contributed by atoms with Gasteiger partial charge in [-0.3, -0.25) is 0 Å². The molecule has 0 bridgehead atoms. The van der Waals surface area contributed by atoms with E-state index in [0.29, 0.717) is 6.10 Å². The first kappa shape index (κ1) is 9.72. The lowest BCUT2D eigenvalue weighted by molar-refractivity contribution is 0.125. The van der Waals surface area contributed by atoms with Gasteiger partial charge in [-0.2, -0.15) is 0 Å². The Labute approximate surface area is 83.6 Å². The van der Waals surface area contributed by atoms with Crippen LogP contribution in [-0.4, -0.2) is 15.1 Å². The van der Waals surface area contributed by atoms with Gasteiger partial charge >= 0.3 is 0 Å². The van der Waals surface area contributed by atoms with Crippen LogP contribution < -0.4 is 0 Å². The minimum Gasteiger partial charge on any atom is -0.418 e. The molecule has 2 heteroatoms. The summed E-state index contributed by atoms with van der Waals surface area (Å²) in [5, 5.41) is 0. The molecule has 0 aromatic carbocycles. The highest BCUT2D eigenvalue weighted by atomic mass is 28.3. The Morgan fingerprint density at radius 2 is 1.31 bits per heavy atom. The van der Waals surface area contributed by atoms with Crippen LogP contribution in [0.5, 0.6) is 0 Å². The van der Waals surface area contributed by atoms with Crippen LogP contribution in [0.4, 0.5) is 0 Å². The lowest BCUT2D eigenvalue weighted by Crippen LogP contribution is -2.26. The molecule has 2 aliphatic rings. The van der Waals surface area contributed by atoms with Crippen molar-refractivity contribution < 1.29 is 4.43 Å². The monoisotopic (exact) mass is 198 g/mol. The van der Waals surface area contributed by atoms with Crippen LogP contribution in [0.1, 0.15) is 38.5 Å². The Kier molecular flexibility index (Phi) is 3.09. The van der Waals surface area contributed by atoms with Gasteiger partial charge in [0.1, 0.15) is 0 Å². The van der Waals surface area contributed by atoms with E-state index in [-0.39, 0.29) is 0 Å². The second kappa shape index (κ2) is 4.14. The van der Waals surface area contributed by atoms with Crippen LogP contribution in [0.15, 0.2) is 0 Å². The number of hydrogen-bond acceptors (Lipinski definition) is 1. The molecular weight excluding hydrogens is 176 g/mol. The molecule has 0 amide bonds. The van der Waals surface area contributed by atoms with Crippen LogP contribution in [-0.2, 0) is 4.43 Å². The highest BCUT2D eigenvalue weighted by molar-refractivity contribution is 6.48. The average Bonchev–Trinajstić information content (AvgIpc) is 2.87. The third-order valence-electron chi connectivity index (χ3n) is 3.47. The molecule has 0 saturated heterocycles. The summed E-state index contributed by atoms with van der Waals surface area (Å²) in [7, 11) is -0.773. The summed E-state index contributed by atoms with van der Waals surface area (Å²) in [6, 6.07) is 0. The Hall–Kier alpha value is 0.177. The van der Waals surface area contributed by atoms with Crippen molar-refractivity contribution in [3.63, 3.8) is 0 Å². The minimum absolute atomic E-state index is 0.640. The molecule has 1 nitrogen and oxygen atoms in total. The van der Waals surface area contributed by atoms with Crippen molar-refractivity contribution in [1.29, 1.82) is 0 Å². The van der Waals surface area contributed by atoms with E-state index in [9.17, 15) is 0 Å². The first-order chi connectivity index (χ1) is 6.25. The first-order valence-electron chi connectivity index (χ1n) is 5.91. The first-order valence-corrected chi connectivity index (χ1v) is 8.69. The number of rotatable bonds is 3. The minimum atomic E-state index is -0.773. The maximum Gasteiger partial charge on any atom is 0.171 e. The Bertz CT molecular complexity index is 157. The van der Waals surface area contributed by atoms with Crippen molar-refractivity contribution in [2.24, 2.45) is 11.8 Å². The van der Waals surface area contributed by atoms with Gasteiger partial charge in [0.05, 0.1) is 0 Å². The molecule has 0 heterocycles. The number of hydrogen-bond donors (Lipinski definition) is 0. The van der Waals surface area contributed by atoms with Crippen molar-refractivity contribution in [2.75, 3.05) is 0 Å². The fourth-order valence-corrected chi connectivity index (χ4v) is 3.69. The molecule has 2 fully saturated rings. The summed E-state index contributed by atoms with van der Waals surface area (Å²) in [6.07, 6.45) is 9.30. The summed E-state index contributed by atoms with van der Waals surface area (Å²) in [6.45, 7) is 4.57. The molecule has 0 aromatic heterocycles. The molecule has 0 aromatic rings. The zero-order chi connectivity index (χ0) is 9.26. The van der Waals surface area contributed by atoms with E-state index in [1.165, 1.54) is 38.5 Å². The van der Waals surface area contributed by atoms with Crippen molar-refractivity contribution in [1.82, 2.24) is 0 Å². The lowest BCUT2D eigenvalue weighted by Gasteiger charge is -2.29. The van der Waals surface area contributed by atoms with Crippen molar-refractivity contribution in [3.8, 4) is 0 Å².